The molecule has 0 atom stereocenters. The summed E-state index contributed by atoms with van der Waals surface area (Å²) in [6, 6.07) is 5.55. The van der Waals surface area contributed by atoms with Crippen molar-refractivity contribution in [3.05, 3.63) is 39.9 Å². The highest BCUT2D eigenvalue weighted by Crippen LogP contribution is 2.16. The molecule has 0 saturated carbocycles. The van der Waals surface area contributed by atoms with Crippen molar-refractivity contribution >= 4 is 16.8 Å². The Morgan fingerprint density at radius 2 is 2.07 bits per heavy atom. The molecule has 1 fully saturated rings. The van der Waals surface area contributed by atoms with E-state index in [0.29, 0.717) is 16.5 Å². The molecule has 27 heavy (non-hydrogen) atoms. The average molecular weight is 369 g/mol. The minimum Gasteiger partial charge on any atom is -0.349 e. The smallest absolute Gasteiger partial charge is 0.261 e. The Kier molecular flexibility index (Phi) is 5.25. The summed E-state index contributed by atoms with van der Waals surface area (Å²) in [5.74, 6) is 0.802. The molecule has 0 unspecified atom stereocenters. The summed E-state index contributed by atoms with van der Waals surface area (Å²) < 4.78 is 1.82. The molecule has 1 aromatic carbocycles. The van der Waals surface area contributed by atoms with Crippen LogP contribution in [0, 0.1) is 0 Å². The van der Waals surface area contributed by atoms with E-state index >= 15 is 0 Å². The van der Waals surface area contributed by atoms with Crippen LogP contribution < -0.4 is 15.8 Å². The number of aryl methyl sites for hydroxylation is 1. The van der Waals surface area contributed by atoms with Crippen LogP contribution in [0.15, 0.2) is 23.0 Å². The number of carbonyl (C=O) groups is 1. The fraction of sp³-hybridized carbons (Fsp3) is 0.571. The maximum absolute atomic E-state index is 12.8. The molecule has 3 heterocycles. The molecule has 2 aromatic rings. The fourth-order valence-corrected chi connectivity index (χ4v) is 4.35. The molecule has 2 N–H and O–H groups in total. The van der Waals surface area contributed by atoms with Gasteiger partial charge in [-0.3, -0.25) is 14.2 Å². The Labute approximate surface area is 159 Å². The standard InChI is InChI=1S/C21H28N4O2/c1-2-24-12-9-16(10-13-24)22-20(26)15-7-8-17-18(14-15)23-19-6-4-3-5-11-25(19)21(17)27/h7-8,14,16H,2-6,9-13H2,1H3,(H,22,26)/p+1. The van der Waals surface area contributed by atoms with Crippen LogP contribution in [0.2, 0.25) is 0 Å². The van der Waals surface area contributed by atoms with E-state index in [1.54, 1.807) is 23.1 Å². The van der Waals surface area contributed by atoms with E-state index in [1.165, 1.54) is 0 Å². The van der Waals surface area contributed by atoms with Crippen molar-refractivity contribution in [2.24, 2.45) is 0 Å². The topological polar surface area (TPSA) is 68.4 Å². The van der Waals surface area contributed by atoms with E-state index in [9.17, 15) is 9.59 Å². The summed E-state index contributed by atoms with van der Waals surface area (Å²) in [4.78, 5) is 31.8. The Balaban J connectivity index is 1.56. The third-order valence-corrected chi connectivity index (χ3v) is 6.11. The molecule has 2 aliphatic rings. The molecule has 6 nitrogen and oxygen atoms in total. The monoisotopic (exact) mass is 369 g/mol. The molecule has 1 saturated heterocycles. The summed E-state index contributed by atoms with van der Waals surface area (Å²) in [5.41, 5.74) is 1.27. The molecule has 0 aliphatic carbocycles. The first-order valence-corrected chi connectivity index (χ1v) is 10.3. The third-order valence-electron chi connectivity index (χ3n) is 6.11. The zero-order valence-corrected chi connectivity index (χ0v) is 16.1. The number of aromatic nitrogens is 2. The van der Waals surface area contributed by atoms with E-state index in [1.807, 2.05) is 4.57 Å². The second kappa shape index (κ2) is 7.80. The van der Waals surface area contributed by atoms with Gasteiger partial charge in [-0.1, -0.05) is 6.42 Å². The number of fused-ring (bicyclic) bond motifs is 2. The van der Waals surface area contributed by atoms with Crippen molar-refractivity contribution in [1.29, 1.82) is 0 Å². The summed E-state index contributed by atoms with van der Waals surface area (Å²) in [5, 5.41) is 3.78. The van der Waals surface area contributed by atoms with Gasteiger partial charge < -0.3 is 10.2 Å². The molecule has 0 radical (unpaired) electrons. The van der Waals surface area contributed by atoms with Gasteiger partial charge in [0, 0.05) is 37.4 Å². The number of nitrogens with one attached hydrogen (secondary N) is 2. The van der Waals surface area contributed by atoms with Gasteiger partial charge >= 0.3 is 0 Å². The average Bonchev–Trinajstić information content (AvgIpc) is 2.94. The van der Waals surface area contributed by atoms with Crippen LogP contribution in [-0.2, 0) is 13.0 Å². The van der Waals surface area contributed by atoms with Gasteiger partial charge in [0.05, 0.1) is 30.5 Å². The number of quaternary nitrogens is 1. The van der Waals surface area contributed by atoms with Crippen molar-refractivity contribution in [2.45, 2.75) is 58.0 Å². The number of hydrogen-bond acceptors (Lipinski definition) is 3. The SMILES string of the molecule is CC[NH+]1CCC(NC(=O)c2ccc3c(=O)n4c(nc3c2)CCCCC4)CC1. The molecular weight excluding hydrogens is 340 g/mol. The van der Waals surface area contributed by atoms with E-state index < -0.39 is 0 Å². The van der Waals surface area contributed by atoms with Gasteiger partial charge in [-0.05, 0) is 38.0 Å². The van der Waals surface area contributed by atoms with Crippen LogP contribution in [-0.4, -0.2) is 41.1 Å². The lowest BCUT2D eigenvalue weighted by atomic mass is 10.0. The van der Waals surface area contributed by atoms with Gasteiger partial charge in [-0.15, -0.1) is 0 Å². The quantitative estimate of drug-likeness (QED) is 0.845. The summed E-state index contributed by atoms with van der Waals surface area (Å²) in [6.07, 6.45) is 6.10. The number of piperidine rings is 1. The van der Waals surface area contributed by atoms with Crippen molar-refractivity contribution in [2.75, 3.05) is 19.6 Å². The highest BCUT2D eigenvalue weighted by molar-refractivity contribution is 5.97. The van der Waals surface area contributed by atoms with E-state index in [0.717, 1.165) is 70.5 Å². The zero-order chi connectivity index (χ0) is 18.8. The second-order valence-corrected chi connectivity index (χ2v) is 7.88. The molecule has 0 spiro atoms. The van der Waals surface area contributed by atoms with Crippen LogP contribution >= 0.6 is 0 Å². The number of amides is 1. The first-order chi connectivity index (χ1) is 13.2. The van der Waals surface area contributed by atoms with E-state index in [2.05, 4.69) is 12.2 Å². The normalized spacial score (nSPS) is 22.9. The van der Waals surface area contributed by atoms with Crippen LogP contribution in [0.25, 0.3) is 10.9 Å². The highest BCUT2D eigenvalue weighted by atomic mass is 16.1. The zero-order valence-electron chi connectivity index (χ0n) is 16.1. The second-order valence-electron chi connectivity index (χ2n) is 7.88. The minimum atomic E-state index is -0.0568. The van der Waals surface area contributed by atoms with Crippen LogP contribution in [0.4, 0.5) is 0 Å². The van der Waals surface area contributed by atoms with Crippen molar-refractivity contribution < 1.29 is 9.69 Å². The largest absolute Gasteiger partial charge is 0.349 e. The first-order valence-electron chi connectivity index (χ1n) is 10.3. The third kappa shape index (κ3) is 3.76. The molecular formula is C21H29N4O2+. The number of rotatable bonds is 3. The number of nitrogens with zero attached hydrogens (tertiary/aromatic N) is 2. The summed E-state index contributed by atoms with van der Waals surface area (Å²) >= 11 is 0. The maximum Gasteiger partial charge on any atom is 0.261 e. The van der Waals surface area contributed by atoms with E-state index in [-0.39, 0.29) is 17.5 Å². The highest BCUT2D eigenvalue weighted by Gasteiger charge is 2.23. The van der Waals surface area contributed by atoms with Crippen molar-refractivity contribution in [3.63, 3.8) is 0 Å². The predicted molar refractivity (Wildman–Crippen MR) is 105 cm³/mol. The molecule has 6 heteroatoms. The fourth-order valence-electron chi connectivity index (χ4n) is 4.35. The summed E-state index contributed by atoms with van der Waals surface area (Å²) in [7, 11) is 0. The van der Waals surface area contributed by atoms with Gasteiger partial charge in [-0.25, -0.2) is 4.98 Å². The Morgan fingerprint density at radius 1 is 1.26 bits per heavy atom. The van der Waals surface area contributed by atoms with Crippen molar-refractivity contribution in [3.8, 4) is 0 Å². The van der Waals surface area contributed by atoms with Gasteiger partial charge in [0.15, 0.2) is 0 Å². The molecule has 0 bridgehead atoms. The Bertz CT molecular complexity index is 897. The van der Waals surface area contributed by atoms with E-state index in [4.69, 9.17) is 4.98 Å². The number of benzene rings is 1. The van der Waals surface area contributed by atoms with Crippen LogP contribution in [0.3, 0.4) is 0 Å². The summed E-state index contributed by atoms with van der Waals surface area (Å²) in [6.45, 7) is 6.33. The first kappa shape index (κ1) is 18.2. The minimum absolute atomic E-state index is 0.0266. The van der Waals surface area contributed by atoms with Crippen LogP contribution in [0.5, 0.6) is 0 Å². The maximum atomic E-state index is 12.8. The Hall–Kier alpha value is -2.21. The molecule has 144 valence electrons. The molecule has 1 amide bonds. The molecule has 1 aromatic heterocycles. The lowest BCUT2D eigenvalue weighted by Gasteiger charge is -2.29. The predicted octanol–water partition coefficient (Wildman–Crippen LogP) is 0.920. The molecule has 4 rings (SSSR count). The van der Waals surface area contributed by atoms with Gasteiger partial charge in [0.2, 0.25) is 0 Å². The van der Waals surface area contributed by atoms with Gasteiger partial charge in [0.25, 0.3) is 11.5 Å². The lowest BCUT2D eigenvalue weighted by Crippen LogP contribution is -3.13. The van der Waals surface area contributed by atoms with Gasteiger partial charge in [-0.2, -0.15) is 0 Å². The number of carbonyl (C=O) groups excluding carboxylic acids is 1. The molecule has 2 aliphatic heterocycles. The van der Waals surface area contributed by atoms with Crippen molar-refractivity contribution in [1.82, 2.24) is 14.9 Å². The number of hydrogen-bond donors (Lipinski definition) is 2. The van der Waals surface area contributed by atoms with Gasteiger partial charge in [0.1, 0.15) is 5.82 Å². The lowest BCUT2D eigenvalue weighted by molar-refractivity contribution is -0.903. The number of likely N-dealkylation sites (tertiary alicyclic amines) is 1. The van der Waals surface area contributed by atoms with Crippen LogP contribution in [0.1, 0.15) is 55.2 Å². The Morgan fingerprint density at radius 3 is 2.85 bits per heavy atom.